The summed E-state index contributed by atoms with van der Waals surface area (Å²) in [5.41, 5.74) is 1.18. The van der Waals surface area contributed by atoms with E-state index in [0.717, 1.165) is 25.1 Å². The summed E-state index contributed by atoms with van der Waals surface area (Å²) in [6.07, 6.45) is 4.99. The number of rotatable bonds is 3. The molecule has 1 saturated heterocycles. The molecule has 1 N–H and O–H groups in total. The Labute approximate surface area is 116 Å². The van der Waals surface area contributed by atoms with Gasteiger partial charge in [-0.05, 0) is 38.0 Å². The van der Waals surface area contributed by atoms with Crippen molar-refractivity contribution < 1.29 is 9.13 Å². The smallest absolute Gasteiger partial charge is 0.150 e. The average molecular weight is 276 g/mol. The molecular formula is C14H17FN4O. The zero-order chi connectivity index (χ0) is 13.9. The molecule has 1 aliphatic heterocycles. The van der Waals surface area contributed by atoms with E-state index in [4.69, 9.17) is 4.74 Å². The van der Waals surface area contributed by atoms with E-state index in [-0.39, 0.29) is 11.9 Å². The van der Waals surface area contributed by atoms with Crippen LogP contribution in [0.5, 0.6) is 0 Å². The molecule has 0 spiro atoms. The normalized spacial score (nSPS) is 22.7. The lowest BCUT2D eigenvalue weighted by Crippen LogP contribution is -2.32. The van der Waals surface area contributed by atoms with Crippen molar-refractivity contribution in [3.05, 3.63) is 36.7 Å². The zero-order valence-electron chi connectivity index (χ0n) is 11.3. The van der Waals surface area contributed by atoms with Crippen LogP contribution >= 0.6 is 0 Å². The first kappa shape index (κ1) is 13.1. The Balaban J connectivity index is 1.74. The van der Waals surface area contributed by atoms with Crippen LogP contribution in [0.15, 0.2) is 30.9 Å². The minimum absolute atomic E-state index is 0.250. The molecule has 3 rings (SSSR count). The van der Waals surface area contributed by atoms with Gasteiger partial charge < -0.3 is 10.1 Å². The van der Waals surface area contributed by atoms with E-state index in [1.54, 1.807) is 6.07 Å². The molecule has 6 heteroatoms. The zero-order valence-corrected chi connectivity index (χ0v) is 11.3. The molecule has 1 fully saturated rings. The van der Waals surface area contributed by atoms with Crippen molar-refractivity contribution in [3.8, 4) is 5.69 Å². The minimum atomic E-state index is -0.319. The lowest BCUT2D eigenvalue weighted by Gasteiger charge is -2.28. The van der Waals surface area contributed by atoms with Crippen LogP contribution in [0.25, 0.3) is 5.69 Å². The molecular weight excluding hydrogens is 259 g/mol. The number of anilines is 1. The van der Waals surface area contributed by atoms with Gasteiger partial charge in [-0.15, -0.1) is 0 Å². The molecule has 0 saturated carbocycles. The van der Waals surface area contributed by atoms with Gasteiger partial charge in [-0.3, -0.25) is 0 Å². The molecule has 2 heterocycles. The van der Waals surface area contributed by atoms with Gasteiger partial charge in [0.25, 0.3) is 0 Å². The SMILES string of the molecule is CC1CC(Nc2ccc(-n3cncn3)c(F)c2)CCO1. The molecule has 106 valence electrons. The molecule has 1 aliphatic rings. The number of nitrogens with zero attached hydrogens (tertiary/aromatic N) is 3. The first-order valence-electron chi connectivity index (χ1n) is 6.75. The fraction of sp³-hybridized carbons (Fsp3) is 0.429. The van der Waals surface area contributed by atoms with E-state index < -0.39 is 0 Å². The predicted octanol–water partition coefficient (Wildman–Crippen LogP) is 2.39. The molecule has 2 atom stereocenters. The number of halogens is 1. The third-order valence-corrected chi connectivity index (χ3v) is 3.47. The molecule has 1 aromatic carbocycles. The number of benzene rings is 1. The summed E-state index contributed by atoms with van der Waals surface area (Å²) in [4.78, 5) is 3.82. The van der Waals surface area contributed by atoms with Crippen LogP contribution in [0.2, 0.25) is 0 Å². The molecule has 1 aromatic heterocycles. The number of hydrogen-bond acceptors (Lipinski definition) is 4. The standard InChI is InChI=1S/C14H17FN4O/c1-10-6-12(4-5-20-10)18-11-2-3-14(13(15)7-11)19-9-16-8-17-19/h2-3,7-10,12,18H,4-6H2,1H3. The third kappa shape index (κ3) is 2.80. The van der Waals surface area contributed by atoms with Crippen LogP contribution in [0.4, 0.5) is 10.1 Å². The highest BCUT2D eigenvalue weighted by atomic mass is 19.1. The van der Waals surface area contributed by atoms with Gasteiger partial charge in [0.05, 0.1) is 6.10 Å². The molecule has 5 nitrogen and oxygen atoms in total. The Morgan fingerprint density at radius 1 is 1.45 bits per heavy atom. The molecule has 20 heavy (non-hydrogen) atoms. The van der Waals surface area contributed by atoms with Crippen LogP contribution in [0, 0.1) is 5.82 Å². The van der Waals surface area contributed by atoms with Crippen LogP contribution in [0.1, 0.15) is 19.8 Å². The Morgan fingerprint density at radius 3 is 3.05 bits per heavy atom. The number of nitrogens with one attached hydrogen (secondary N) is 1. The summed E-state index contributed by atoms with van der Waals surface area (Å²) in [6, 6.07) is 5.39. The summed E-state index contributed by atoms with van der Waals surface area (Å²) >= 11 is 0. The quantitative estimate of drug-likeness (QED) is 0.935. The molecule has 2 unspecified atom stereocenters. The molecule has 0 aliphatic carbocycles. The van der Waals surface area contributed by atoms with Crippen molar-refractivity contribution >= 4 is 5.69 Å². The van der Waals surface area contributed by atoms with Crippen LogP contribution < -0.4 is 5.32 Å². The van der Waals surface area contributed by atoms with Gasteiger partial charge in [0.1, 0.15) is 18.3 Å². The van der Waals surface area contributed by atoms with E-state index in [0.29, 0.717) is 11.7 Å². The topological polar surface area (TPSA) is 52.0 Å². The second kappa shape index (κ2) is 5.58. The van der Waals surface area contributed by atoms with E-state index in [1.165, 1.54) is 23.4 Å². The van der Waals surface area contributed by atoms with Crippen LogP contribution in [-0.4, -0.2) is 33.5 Å². The highest BCUT2D eigenvalue weighted by molar-refractivity contribution is 5.50. The molecule has 2 aromatic rings. The largest absolute Gasteiger partial charge is 0.382 e. The minimum Gasteiger partial charge on any atom is -0.382 e. The van der Waals surface area contributed by atoms with Crippen molar-refractivity contribution in [1.29, 1.82) is 0 Å². The Bertz CT molecular complexity index is 573. The summed E-state index contributed by atoms with van der Waals surface area (Å²) in [5, 5.41) is 7.29. The maximum absolute atomic E-state index is 14.1. The van der Waals surface area contributed by atoms with Crippen molar-refractivity contribution in [1.82, 2.24) is 14.8 Å². The number of hydrogen-bond donors (Lipinski definition) is 1. The number of ether oxygens (including phenoxy) is 1. The third-order valence-electron chi connectivity index (χ3n) is 3.47. The van der Waals surface area contributed by atoms with Crippen molar-refractivity contribution in [2.75, 3.05) is 11.9 Å². The lowest BCUT2D eigenvalue weighted by atomic mass is 10.0. The van der Waals surface area contributed by atoms with E-state index in [2.05, 4.69) is 22.3 Å². The van der Waals surface area contributed by atoms with Gasteiger partial charge in [-0.1, -0.05) is 0 Å². The second-order valence-electron chi connectivity index (χ2n) is 5.05. The predicted molar refractivity (Wildman–Crippen MR) is 73.4 cm³/mol. The monoisotopic (exact) mass is 276 g/mol. The average Bonchev–Trinajstić information content (AvgIpc) is 2.92. The van der Waals surface area contributed by atoms with Gasteiger partial charge in [-0.25, -0.2) is 14.1 Å². The van der Waals surface area contributed by atoms with E-state index in [9.17, 15) is 4.39 Å². The lowest BCUT2D eigenvalue weighted by molar-refractivity contribution is 0.0232. The van der Waals surface area contributed by atoms with Gasteiger partial charge in [0.2, 0.25) is 0 Å². The highest BCUT2D eigenvalue weighted by Gasteiger charge is 2.19. The van der Waals surface area contributed by atoms with E-state index >= 15 is 0 Å². The molecule has 0 bridgehead atoms. The van der Waals surface area contributed by atoms with Gasteiger partial charge in [0.15, 0.2) is 5.82 Å². The maximum Gasteiger partial charge on any atom is 0.150 e. The summed E-state index contributed by atoms with van der Waals surface area (Å²) in [6.45, 7) is 2.81. The first-order chi connectivity index (χ1) is 9.72. The fourth-order valence-electron chi connectivity index (χ4n) is 2.48. The van der Waals surface area contributed by atoms with Gasteiger partial charge >= 0.3 is 0 Å². The van der Waals surface area contributed by atoms with Crippen molar-refractivity contribution in [3.63, 3.8) is 0 Å². The summed E-state index contributed by atoms with van der Waals surface area (Å²) in [5.74, 6) is -0.319. The van der Waals surface area contributed by atoms with Gasteiger partial charge in [0, 0.05) is 18.3 Å². The van der Waals surface area contributed by atoms with Gasteiger partial charge in [-0.2, -0.15) is 5.10 Å². The van der Waals surface area contributed by atoms with Crippen LogP contribution in [0.3, 0.4) is 0 Å². The summed E-state index contributed by atoms with van der Waals surface area (Å²) < 4.78 is 21.0. The first-order valence-corrected chi connectivity index (χ1v) is 6.75. The van der Waals surface area contributed by atoms with Crippen molar-refractivity contribution in [2.24, 2.45) is 0 Å². The molecule has 0 radical (unpaired) electrons. The number of aromatic nitrogens is 3. The Hall–Kier alpha value is -1.95. The highest BCUT2D eigenvalue weighted by Crippen LogP contribution is 2.21. The van der Waals surface area contributed by atoms with Crippen LogP contribution in [-0.2, 0) is 4.74 Å². The second-order valence-corrected chi connectivity index (χ2v) is 5.05. The van der Waals surface area contributed by atoms with Crippen molar-refractivity contribution in [2.45, 2.75) is 31.9 Å². The fourth-order valence-corrected chi connectivity index (χ4v) is 2.48. The Kier molecular flexibility index (Phi) is 3.64. The van der Waals surface area contributed by atoms with E-state index in [1.807, 2.05) is 6.07 Å². The Morgan fingerprint density at radius 2 is 2.35 bits per heavy atom. The summed E-state index contributed by atoms with van der Waals surface area (Å²) in [7, 11) is 0. The maximum atomic E-state index is 14.1. The molecule has 0 amide bonds.